The molecule has 0 spiro atoms. The molecule has 0 aliphatic rings. The minimum atomic E-state index is -0.623. The van der Waals surface area contributed by atoms with Gasteiger partial charge in [-0.05, 0) is 42.8 Å². The van der Waals surface area contributed by atoms with Gasteiger partial charge in [0.05, 0.1) is 12.0 Å². The fraction of sp³-hybridized carbons (Fsp3) is 0.182. The average molecular weight is 407 g/mol. The fourth-order valence-electron chi connectivity index (χ4n) is 2.85. The van der Waals surface area contributed by atoms with E-state index in [0.29, 0.717) is 5.75 Å². The fourth-order valence-corrected chi connectivity index (χ4v) is 2.85. The highest BCUT2D eigenvalue weighted by Gasteiger charge is 2.23. The minimum absolute atomic E-state index is 0.199. The molecule has 0 atom stereocenters. The Morgan fingerprint density at radius 3 is 2.63 bits per heavy atom. The molecule has 30 heavy (non-hydrogen) atoms. The molecule has 0 unspecified atom stereocenters. The first-order valence-corrected chi connectivity index (χ1v) is 9.14. The molecule has 0 saturated heterocycles. The molecule has 0 fully saturated rings. The maximum atomic E-state index is 12.4. The van der Waals surface area contributed by atoms with Gasteiger partial charge in [0.1, 0.15) is 24.3 Å². The second kappa shape index (κ2) is 9.04. The van der Waals surface area contributed by atoms with Crippen molar-refractivity contribution in [1.82, 2.24) is 9.78 Å². The molecule has 0 aliphatic carbocycles. The average Bonchev–Trinajstić information content (AvgIpc) is 3.14. The van der Waals surface area contributed by atoms with Crippen molar-refractivity contribution in [3.63, 3.8) is 0 Å². The van der Waals surface area contributed by atoms with E-state index >= 15 is 0 Å². The highest BCUT2D eigenvalue weighted by molar-refractivity contribution is 6.07. The van der Waals surface area contributed by atoms with Gasteiger partial charge in [-0.25, -0.2) is 0 Å². The van der Waals surface area contributed by atoms with Gasteiger partial charge in [-0.15, -0.1) is 0 Å². The monoisotopic (exact) mass is 407 g/mol. The zero-order chi connectivity index (χ0) is 21.7. The van der Waals surface area contributed by atoms with Gasteiger partial charge < -0.3 is 9.47 Å². The number of nitro groups is 1. The third-order valence-electron chi connectivity index (χ3n) is 4.39. The van der Waals surface area contributed by atoms with E-state index in [1.54, 1.807) is 25.3 Å². The van der Waals surface area contributed by atoms with Crippen molar-refractivity contribution >= 4 is 17.5 Å². The van der Waals surface area contributed by atoms with E-state index in [0.717, 1.165) is 22.4 Å². The second-order valence-electron chi connectivity index (χ2n) is 6.66. The normalized spacial score (nSPS) is 10.9. The molecule has 1 aromatic heterocycles. The van der Waals surface area contributed by atoms with Crippen molar-refractivity contribution in [1.29, 1.82) is 0 Å². The Kier molecular flexibility index (Phi) is 6.26. The summed E-state index contributed by atoms with van der Waals surface area (Å²) in [6, 6.07) is 13.1. The van der Waals surface area contributed by atoms with Crippen LogP contribution in [0.1, 0.15) is 27.2 Å². The summed E-state index contributed by atoms with van der Waals surface area (Å²) in [6.07, 6.45) is 4.05. The van der Waals surface area contributed by atoms with Gasteiger partial charge in [-0.3, -0.25) is 19.6 Å². The van der Waals surface area contributed by atoms with Crippen LogP contribution in [0.2, 0.25) is 0 Å². The summed E-state index contributed by atoms with van der Waals surface area (Å²) < 4.78 is 12.5. The van der Waals surface area contributed by atoms with Crippen molar-refractivity contribution in [3.8, 4) is 11.5 Å². The summed E-state index contributed by atoms with van der Waals surface area (Å²) in [4.78, 5) is 22.8. The maximum absolute atomic E-state index is 12.4. The highest BCUT2D eigenvalue weighted by Crippen LogP contribution is 2.24. The van der Waals surface area contributed by atoms with Crippen molar-refractivity contribution in [2.45, 2.75) is 13.5 Å². The zero-order valence-electron chi connectivity index (χ0n) is 16.9. The summed E-state index contributed by atoms with van der Waals surface area (Å²) >= 11 is 0. The number of carbonyl (C=O) groups is 1. The van der Waals surface area contributed by atoms with E-state index in [1.807, 2.05) is 37.3 Å². The number of hydrogen-bond donors (Lipinski definition) is 0. The number of ketones is 1. The Bertz CT molecular complexity index is 1100. The number of methoxy groups -OCH3 is 1. The van der Waals surface area contributed by atoms with Crippen LogP contribution in [0.4, 0.5) is 5.69 Å². The van der Waals surface area contributed by atoms with Gasteiger partial charge in [0.25, 0.3) is 0 Å². The SMILES string of the molecule is COc1ccc(/C=C/C(=O)c2nn(C)cc2[N+](=O)[O-])cc1COc1ccc(C)cc1. The molecule has 154 valence electrons. The van der Waals surface area contributed by atoms with Crippen LogP contribution in [0.25, 0.3) is 6.08 Å². The quantitative estimate of drug-likeness (QED) is 0.241. The first kappa shape index (κ1) is 20.8. The Labute approximate surface area is 173 Å². The van der Waals surface area contributed by atoms with Crippen LogP contribution in [-0.4, -0.2) is 27.6 Å². The number of carbonyl (C=O) groups excluding carboxylic acids is 1. The maximum Gasteiger partial charge on any atom is 0.318 e. The highest BCUT2D eigenvalue weighted by atomic mass is 16.6. The van der Waals surface area contributed by atoms with E-state index < -0.39 is 10.7 Å². The predicted molar refractivity (Wildman–Crippen MR) is 112 cm³/mol. The molecule has 3 rings (SSSR count). The number of nitrogens with zero attached hydrogens (tertiary/aromatic N) is 3. The molecule has 0 bridgehead atoms. The Balaban J connectivity index is 1.78. The molecule has 8 heteroatoms. The molecular weight excluding hydrogens is 386 g/mol. The number of allylic oxidation sites excluding steroid dienone is 1. The van der Waals surface area contributed by atoms with Gasteiger partial charge in [-0.2, -0.15) is 5.10 Å². The molecule has 1 heterocycles. The molecule has 0 radical (unpaired) electrons. The molecule has 0 aliphatic heterocycles. The van der Waals surface area contributed by atoms with Crippen molar-refractivity contribution in [3.05, 3.63) is 87.2 Å². The van der Waals surface area contributed by atoms with E-state index in [2.05, 4.69) is 5.10 Å². The van der Waals surface area contributed by atoms with Crippen LogP contribution in [0.5, 0.6) is 11.5 Å². The third-order valence-corrected chi connectivity index (χ3v) is 4.39. The number of aryl methyl sites for hydroxylation is 2. The zero-order valence-corrected chi connectivity index (χ0v) is 16.9. The van der Waals surface area contributed by atoms with Crippen molar-refractivity contribution in [2.24, 2.45) is 7.05 Å². The van der Waals surface area contributed by atoms with E-state index in [-0.39, 0.29) is 18.0 Å². The van der Waals surface area contributed by atoms with Crippen LogP contribution in [-0.2, 0) is 13.7 Å². The Morgan fingerprint density at radius 2 is 1.97 bits per heavy atom. The van der Waals surface area contributed by atoms with Gasteiger partial charge in [0, 0.05) is 12.6 Å². The molecule has 0 saturated carbocycles. The summed E-state index contributed by atoms with van der Waals surface area (Å²) in [6.45, 7) is 2.29. The third kappa shape index (κ3) is 4.91. The van der Waals surface area contributed by atoms with E-state index in [1.165, 1.54) is 24.0 Å². The number of aromatic nitrogens is 2. The van der Waals surface area contributed by atoms with E-state index in [9.17, 15) is 14.9 Å². The van der Waals surface area contributed by atoms with Crippen LogP contribution < -0.4 is 9.47 Å². The number of ether oxygens (including phenoxy) is 2. The lowest BCUT2D eigenvalue weighted by atomic mass is 10.1. The standard InChI is InChI=1S/C22H21N3O5/c1-15-4-8-18(9-5-15)30-14-17-12-16(7-11-21(17)29-3)6-10-20(26)22-19(25(27)28)13-24(2)23-22/h4-13H,14H2,1-3H3/b10-6+. The number of rotatable bonds is 8. The Hall–Kier alpha value is -3.94. The smallest absolute Gasteiger partial charge is 0.318 e. The first-order chi connectivity index (χ1) is 14.4. The molecule has 3 aromatic rings. The topological polar surface area (TPSA) is 96.5 Å². The lowest BCUT2D eigenvalue weighted by Crippen LogP contribution is -2.01. The summed E-state index contributed by atoms with van der Waals surface area (Å²) in [5, 5.41) is 15.0. The van der Waals surface area contributed by atoms with Gasteiger partial charge in [-0.1, -0.05) is 29.8 Å². The van der Waals surface area contributed by atoms with Crippen LogP contribution >= 0.6 is 0 Å². The molecule has 0 N–H and O–H groups in total. The first-order valence-electron chi connectivity index (χ1n) is 9.14. The summed E-state index contributed by atoms with van der Waals surface area (Å²) in [5.74, 6) is 0.850. The van der Waals surface area contributed by atoms with E-state index in [4.69, 9.17) is 9.47 Å². The van der Waals surface area contributed by atoms with Gasteiger partial charge in [0.15, 0.2) is 0 Å². The molecule has 2 aromatic carbocycles. The van der Waals surface area contributed by atoms with Crippen molar-refractivity contribution < 1.29 is 19.2 Å². The molecular formula is C22H21N3O5. The minimum Gasteiger partial charge on any atom is -0.496 e. The van der Waals surface area contributed by atoms with Crippen LogP contribution in [0.3, 0.4) is 0 Å². The van der Waals surface area contributed by atoms with Crippen LogP contribution in [0, 0.1) is 17.0 Å². The Morgan fingerprint density at radius 1 is 1.23 bits per heavy atom. The summed E-state index contributed by atoms with van der Waals surface area (Å²) in [7, 11) is 3.10. The molecule has 8 nitrogen and oxygen atoms in total. The lowest BCUT2D eigenvalue weighted by molar-refractivity contribution is -0.385. The second-order valence-corrected chi connectivity index (χ2v) is 6.66. The molecule has 0 amide bonds. The van der Waals surface area contributed by atoms with Gasteiger partial charge >= 0.3 is 5.69 Å². The van der Waals surface area contributed by atoms with Gasteiger partial charge in [0.2, 0.25) is 11.5 Å². The number of benzene rings is 2. The lowest BCUT2D eigenvalue weighted by Gasteiger charge is -2.11. The number of hydrogen-bond acceptors (Lipinski definition) is 6. The largest absolute Gasteiger partial charge is 0.496 e. The predicted octanol–water partition coefficient (Wildman–Crippen LogP) is 4.12. The summed E-state index contributed by atoms with van der Waals surface area (Å²) in [5.41, 5.74) is 2.15. The van der Waals surface area contributed by atoms with Crippen LogP contribution in [0.15, 0.2) is 54.7 Å². The van der Waals surface area contributed by atoms with Crippen molar-refractivity contribution in [2.75, 3.05) is 7.11 Å².